The highest BCUT2D eigenvalue weighted by molar-refractivity contribution is 5.90. The first kappa shape index (κ1) is 17.6. The number of anilines is 1. The van der Waals surface area contributed by atoms with E-state index in [0.717, 1.165) is 22.1 Å². The van der Waals surface area contributed by atoms with E-state index in [9.17, 15) is 9.90 Å². The number of hydrogen-bond donors (Lipinski definition) is 2. The molecule has 5 heteroatoms. The largest absolute Gasteiger partial charge is 0.495 e. The van der Waals surface area contributed by atoms with Crippen molar-refractivity contribution in [2.75, 3.05) is 19.0 Å². The Bertz CT molecular complexity index is 936. The van der Waals surface area contributed by atoms with E-state index in [0.29, 0.717) is 24.6 Å². The van der Waals surface area contributed by atoms with Gasteiger partial charge in [-0.25, -0.2) is 4.79 Å². The van der Waals surface area contributed by atoms with Crippen LogP contribution in [0, 0.1) is 0 Å². The van der Waals surface area contributed by atoms with Gasteiger partial charge in [0, 0.05) is 12.1 Å². The van der Waals surface area contributed by atoms with E-state index < -0.39 is 5.97 Å². The van der Waals surface area contributed by atoms with Crippen LogP contribution in [0.1, 0.15) is 22.8 Å². The first-order valence-electron chi connectivity index (χ1n) is 8.42. The fourth-order valence-electron chi connectivity index (χ4n) is 2.95. The Labute approximate surface area is 152 Å². The summed E-state index contributed by atoms with van der Waals surface area (Å²) in [7, 11) is 1.56. The molecule has 0 heterocycles. The first-order chi connectivity index (χ1) is 12.6. The zero-order chi connectivity index (χ0) is 18.5. The number of aromatic carboxylic acids is 1. The summed E-state index contributed by atoms with van der Waals surface area (Å²) in [5, 5.41) is 14.7. The van der Waals surface area contributed by atoms with Gasteiger partial charge in [0.2, 0.25) is 0 Å². The molecule has 3 rings (SSSR count). The number of carboxylic acids is 1. The lowest BCUT2D eigenvalue weighted by molar-refractivity contribution is 0.0697. The minimum Gasteiger partial charge on any atom is -0.495 e. The number of hydrogen-bond acceptors (Lipinski definition) is 4. The van der Waals surface area contributed by atoms with Crippen LogP contribution >= 0.6 is 0 Å². The van der Waals surface area contributed by atoms with Crippen LogP contribution in [0.25, 0.3) is 10.8 Å². The molecule has 0 aromatic heterocycles. The molecule has 0 aliphatic carbocycles. The van der Waals surface area contributed by atoms with Crippen molar-refractivity contribution < 1.29 is 19.4 Å². The molecule has 0 amide bonds. The van der Waals surface area contributed by atoms with E-state index >= 15 is 0 Å². The summed E-state index contributed by atoms with van der Waals surface area (Å²) < 4.78 is 11.1. The van der Waals surface area contributed by atoms with Crippen LogP contribution in [0.15, 0.2) is 54.6 Å². The van der Waals surface area contributed by atoms with Crippen molar-refractivity contribution in [1.82, 2.24) is 0 Å². The Morgan fingerprint density at radius 3 is 2.58 bits per heavy atom. The van der Waals surface area contributed by atoms with Crippen molar-refractivity contribution in [1.29, 1.82) is 0 Å². The summed E-state index contributed by atoms with van der Waals surface area (Å²) in [6, 6.07) is 16.9. The number of benzene rings is 3. The summed E-state index contributed by atoms with van der Waals surface area (Å²) >= 11 is 0. The van der Waals surface area contributed by atoms with Crippen LogP contribution in [0.3, 0.4) is 0 Å². The van der Waals surface area contributed by atoms with E-state index in [4.69, 9.17) is 9.47 Å². The zero-order valence-corrected chi connectivity index (χ0v) is 14.8. The molecule has 5 nitrogen and oxygen atoms in total. The fraction of sp³-hybridized carbons (Fsp3) is 0.190. The lowest BCUT2D eigenvalue weighted by atomic mass is 10.0. The van der Waals surface area contributed by atoms with Gasteiger partial charge in [-0.1, -0.05) is 30.3 Å². The highest BCUT2D eigenvalue weighted by atomic mass is 16.5. The second-order valence-corrected chi connectivity index (χ2v) is 5.77. The second-order valence-electron chi connectivity index (χ2n) is 5.77. The predicted octanol–water partition coefficient (Wildman–Crippen LogP) is 4.56. The molecule has 0 atom stereocenters. The van der Waals surface area contributed by atoms with Crippen LogP contribution in [-0.2, 0) is 6.54 Å². The topological polar surface area (TPSA) is 67.8 Å². The van der Waals surface area contributed by atoms with Gasteiger partial charge in [-0.2, -0.15) is 0 Å². The Morgan fingerprint density at radius 2 is 1.85 bits per heavy atom. The van der Waals surface area contributed by atoms with Crippen LogP contribution < -0.4 is 14.8 Å². The van der Waals surface area contributed by atoms with Gasteiger partial charge in [0.15, 0.2) is 0 Å². The molecule has 134 valence electrons. The summed E-state index contributed by atoms with van der Waals surface area (Å²) in [5.74, 6) is 0.427. The molecule has 2 N–H and O–H groups in total. The fourth-order valence-corrected chi connectivity index (χ4v) is 2.95. The van der Waals surface area contributed by atoms with Gasteiger partial charge in [0.1, 0.15) is 11.5 Å². The van der Waals surface area contributed by atoms with Crippen molar-refractivity contribution in [2.45, 2.75) is 13.5 Å². The van der Waals surface area contributed by atoms with Crippen molar-refractivity contribution in [3.05, 3.63) is 65.7 Å². The maximum atomic E-state index is 11.3. The minimum atomic E-state index is -0.976. The van der Waals surface area contributed by atoms with Crippen LogP contribution in [0.5, 0.6) is 11.5 Å². The lowest BCUT2D eigenvalue weighted by Crippen LogP contribution is -2.06. The van der Waals surface area contributed by atoms with E-state index in [-0.39, 0.29) is 5.56 Å². The number of rotatable bonds is 7. The SMILES string of the molecule is CCOc1ccc2ccccc2c1CNc1cc(C(=O)O)ccc1OC. The smallest absolute Gasteiger partial charge is 0.335 e. The third-order valence-electron chi connectivity index (χ3n) is 4.20. The van der Waals surface area contributed by atoms with Gasteiger partial charge < -0.3 is 19.9 Å². The Kier molecular flexibility index (Phi) is 5.27. The predicted molar refractivity (Wildman–Crippen MR) is 102 cm³/mol. The molecule has 0 aliphatic rings. The Morgan fingerprint density at radius 1 is 1.08 bits per heavy atom. The van der Waals surface area contributed by atoms with Crippen LogP contribution in [0.4, 0.5) is 5.69 Å². The molecule has 0 saturated carbocycles. The second kappa shape index (κ2) is 7.78. The average molecular weight is 351 g/mol. The van der Waals surface area contributed by atoms with Gasteiger partial charge in [-0.05, 0) is 42.0 Å². The quantitative estimate of drug-likeness (QED) is 0.653. The molecule has 26 heavy (non-hydrogen) atoms. The van der Waals surface area contributed by atoms with Gasteiger partial charge in [0.25, 0.3) is 0 Å². The van der Waals surface area contributed by atoms with Crippen molar-refractivity contribution in [2.24, 2.45) is 0 Å². The summed E-state index contributed by atoms with van der Waals surface area (Å²) in [6.45, 7) is 3.00. The van der Waals surface area contributed by atoms with E-state index in [2.05, 4.69) is 17.4 Å². The van der Waals surface area contributed by atoms with Gasteiger partial charge in [-0.15, -0.1) is 0 Å². The maximum Gasteiger partial charge on any atom is 0.335 e. The third kappa shape index (κ3) is 3.57. The lowest BCUT2D eigenvalue weighted by Gasteiger charge is -2.16. The Hall–Kier alpha value is -3.21. The summed E-state index contributed by atoms with van der Waals surface area (Å²) in [6.07, 6.45) is 0. The molecule has 0 radical (unpaired) electrons. The van der Waals surface area contributed by atoms with E-state index in [1.807, 2.05) is 31.2 Å². The molecule has 0 fully saturated rings. The summed E-state index contributed by atoms with van der Waals surface area (Å²) in [5.41, 5.74) is 1.85. The number of fused-ring (bicyclic) bond motifs is 1. The van der Waals surface area contributed by atoms with Crippen molar-refractivity contribution in [3.63, 3.8) is 0 Å². The van der Waals surface area contributed by atoms with Crippen molar-refractivity contribution >= 4 is 22.4 Å². The highest BCUT2D eigenvalue weighted by Gasteiger charge is 2.12. The Balaban J connectivity index is 1.98. The molecule has 3 aromatic carbocycles. The molecule has 0 spiro atoms. The van der Waals surface area contributed by atoms with Crippen molar-refractivity contribution in [3.8, 4) is 11.5 Å². The number of nitrogens with one attached hydrogen (secondary N) is 1. The molecule has 0 aliphatic heterocycles. The molecule has 0 unspecified atom stereocenters. The molecular formula is C21H21NO4. The highest BCUT2D eigenvalue weighted by Crippen LogP contribution is 2.31. The normalized spacial score (nSPS) is 10.5. The third-order valence-corrected chi connectivity index (χ3v) is 4.20. The standard InChI is InChI=1S/C21H21NO4/c1-3-26-19-10-8-14-6-4-5-7-16(14)17(19)13-22-18-12-15(21(23)24)9-11-20(18)25-2/h4-12,22H,3,13H2,1-2H3,(H,23,24). The summed E-state index contributed by atoms with van der Waals surface area (Å²) in [4.78, 5) is 11.3. The first-order valence-corrected chi connectivity index (χ1v) is 8.42. The number of carboxylic acid groups (broad SMARTS) is 1. The maximum absolute atomic E-state index is 11.3. The zero-order valence-electron chi connectivity index (χ0n) is 14.8. The number of methoxy groups -OCH3 is 1. The molecular weight excluding hydrogens is 330 g/mol. The minimum absolute atomic E-state index is 0.205. The van der Waals surface area contributed by atoms with Gasteiger partial charge in [-0.3, -0.25) is 0 Å². The number of ether oxygens (including phenoxy) is 2. The van der Waals surface area contributed by atoms with Crippen LogP contribution in [0.2, 0.25) is 0 Å². The van der Waals surface area contributed by atoms with Crippen LogP contribution in [-0.4, -0.2) is 24.8 Å². The monoisotopic (exact) mass is 351 g/mol. The van der Waals surface area contributed by atoms with Gasteiger partial charge in [0.05, 0.1) is 25.0 Å². The number of carbonyl (C=O) groups is 1. The molecule has 0 saturated heterocycles. The van der Waals surface area contributed by atoms with Gasteiger partial charge >= 0.3 is 5.97 Å². The molecule has 0 bridgehead atoms. The van der Waals surface area contributed by atoms with E-state index in [1.54, 1.807) is 19.2 Å². The molecule has 3 aromatic rings. The average Bonchev–Trinajstić information content (AvgIpc) is 2.66. The van der Waals surface area contributed by atoms with E-state index in [1.165, 1.54) is 6.07 Å².